The van der Waals surface area contributed by atoms with Crippen LogP contribution < -0.4 is 5.73 Å². The largest absolute Gasteiger partial charge is 0.458 e. The molecule has 0 aromatic carbocycles. The number of hydrogen-bond donors (Lipinski definition) is 3. The minimum absolute atomic E-state index is 0.0905. The van der Waals surface area contributed by atoms with Crippen molar-refractivity contribution < 1.29 is 33.7 Å². The molecule has 0 amide bonds. The van der Waals surface area contributed by atoms with E-state index < -0.39 is 58.4 Å². The van der Waals surface area contributed by atoms with Crippen molar-refractivity contribution in [3.05, 3.63) is 23.8 Å². The molecule has 0 aromatic rings. The quantitative estimate of drug-likeness (QED) is 0.501. The van der Waals surface area contributed by atoms with Crippen LogP contribution in [0.2, 0.25) is 0 Å². The van der Waals surface area contributed by atoms with Crippen LogP contribution in [0.25, 0.3) is 0 Å². The Morgan fingerprint density at radius 1 is 1.29 bits per heavy atom. The Labute approximate surface area is 199 Å². The lowest BCUT2D eigenvalue weighted by molar-refractivity contribution is -0.220. The molecule has 0 bridgehead atoms. The second kappa shape index (κ2) is 8.35. The van der Waals surface area contributed by atoms with Gasteiger partial charge in [-0.15, -0.1) is 0 Å². The van der Waals surface area contributed by atoms with Crippen LogP contribution in [0.15, 0.2) is 23.8 Å². The number of Topliss-reactive ketones (excluding diaryl/α,β-unsaturated/α-hetero) is 1. The van der Waals surface area contributed by atoms with Gasteiger partial charge in [-0.2, -0.15) is 0 Å². The van der Waals surface area contributed by atoms with Crippen molar-refractivity contribution in [3.63, 3.8) is 0 Å². The Morgan fingerprint density at radius 2 is 2.00 bits per heavy atom. The Balaban J connectivity index is 1.65. The highest BCUT2D eigenvalue weighted by atomic mass is 19.1. The summed E-state index contributed by atoms with van der Waals surface area (Å²) in [7, 11) is 0. The number of carbonyl (C=O) groups is 3. The minimum atomic E-state index is -2.03. The topological polar surface area (TPSA) is 127 Å². The van der Waals surface area contributed by atoms with Gasteiger partial charge in [-0.3, -0.25) is 14.4 Å². The molecule has 4 N–H and O–H groups in total. The van der Waals surface area contributed by atoms with E-state index in [0.29, 0.717) is 37.8 Å². The summed E-state index contributed by atoms with van der Waals surface area (Å²) in [6.07, 6.45) is 4.76. The molecule has 4 aliphatic carbocycles. The second-order valence-electron chi connectivity index (χ2n) is 11.1. The van der Waals surface area contributed by atoms with Crippen LogP contribution in [-0.2, 0) is 19.1 Å². The summed E-state index contributed by atoms with van der Waals surface area (Å²) >= 11 is 0. The summed E-state index contributed by atoms with van der Waals surface area (Å²) in [6.45, 7) is 5.01. The number of ether oxygens (including phenoxy) is 1. The highest BCUT2D eigenvalue weighted by Crippen LogP contribution is 2.70. The number of esters is 1. The molecule has 4 aliphatic rings. The lowest BCUT2D eigenvalue weighted by Gasteiger charge is -2.62. The summed E-state index contributed by atoms with van der Waals surface area (Å²) in [5.74, 6) is -2.81. The van der Waals surface area contributed by atoms with E-state index in [9.17, 15) is 24.6 Å². The molecular formula is C26H36FNO6. The number of carbonyl (C=O) groups excluding carboxylic acids is 3. The van der Waals surface area contributed by atoms with Gasteiger partial charge >= 0.3 is 5.97 Å². The number of rotatable bonds is 6. The highest BCUT2D eigenvalue weighted by Gasteiger charge is 2.75. The van der Waals surface area contributed by atoms with E-state index in [-0.39, 0.29) is 24.5 Å². The molecule has 3 fully saturated rings. The van der Waals surface area contributed by atoms with Gasteiger partial charge in [0, 0.05) is 23.2 Å². The van der Waals surface area contributed by atoms with Crippen molar-refractivity contribution >= 4 is 17.5 Å². The van der Waals surface area contributed by atoms with E-state index in [1.165, 1.54) is 12.2 Å². The smallest absolute Gasteiger partial charge is 0.306 e. The number of aliphatic hydroxyl groups excluding tert-OH is 1. The van der Waals surface area contributed by atoms with Crippen molar-refractivity contribution in [1.29, 1.82) is 0 Å². The Hall–Kier alpha value is -1.90. The molecule has 8 atom stereocenters. The first kappa shape index (κ1) is 25.2. The van der Waals surface area contributed by atoms with E-state index >= 15 is 4.39 Å². The van der Waals surface area contributed by atoms with Crippen molar-refractivity contribution in [3.8, 4) is 0 Å². The van der Waals surface area contributed by atoms with Gasteiger partial charge < -0.3 is 20.7 Å². The Kier molecular flexibility index (Phi) is 6.19. The number of nitrogens with two attached hydrogens (primary N) is 1. The highest BCUT2D eigenvalue weighted by molar-refractivity contribution is 6.01. The fraction of sp³-hybridized carbons (Fsp3) is 0.731. The SMILES string of the molecule is C[C@@H]1CC2C3CCC4=CC(=O)C=CC4(C)C3(F)C(O)CC2(C)C1(O)C(=O)COC(=O)CCCN. The van der Waals surface area contributed by atoms with Gasteiger partial charge in [0.15, 0.2) is 18.1 Å². The molecule has 7 nitrogen and oxygen atoms in total. The minimum Gasteiger partial charge on any atom is -0.458 e. The van der Waals surface area contributed by atoms with E-state index in [1.54, 1.807) is 26.8 Å². The van der Waals surface area contributed by atoms with Gasteiger partial charge in [0.05, 0.1) is 6.10 Å². The molecule has 188 valence electrons. The number of allylic oxidation sites excluding steroid dienone is 4. The molecule has 0 heterocycles. The summed E-state index contributed by atoms with van der Waals surface area (Å²) in [6, 6.07) is 0. The van der Waals surface area contributed by atoms with E-state index in [1.807, 2.05) is 0 Å². The zero-order chi connectivity index (χ0) is 25.1. The van der Waals surface area contributed by atoms with Crippen molar-refractivity contribution in [2.75, 3.05) is 13.2 Å². The molecule has 0 saturated heterocycles. The van der Waals surface area contributed by atoms with Crippen molar-refractivity contribution in [2.24, 2.45) is 34.3 Å². The van der Waals surface area contributed by atoms with Crippen LogP contribution >= 0.6 is 0 Å². The normalized spacial score (nSPS) is 45.1. The average molecular weight is 478 g/mol. The fourth-order valence-electron chi connectivity index (χ4n) is 7.72. The second-order valence-corrected chi connectivity index (χ2v) is 11.1. The van der Waals surface area contributed by atoms with Crippen molar-refractivity contribution in [1.82, 2.24) is 0 Å². The van der Waals surface area contributed by atoms with Crippen LogP contribution in [0, 0.1) is 28.6 Å². The zero-order valence-corrected chi connectivity index (χ0v) is 20.2. The molecule has 8 heteroatoms. The average Bonchev–Trinajstić information content (AvgIpc) is 2.99. The van der Waals surface area contributed by atoms with Crippen LogP contribution in [0.5, 0.6) is 0 Å². The molecule has 0 aliphatic heterocycles. The first-order chi connectivity index (χ1) is 15.9. The third kappa shape index (κ3) is 3.21. The van der Waals surface area contributed by atoms with E-state index in [2.05, 4.69) is 0 Å². The van der Waals surface area contributed by atoms with Gasteiger partial charge in [-0.1, -0.05) is 25.5 Å². The van der Waals surface area contributed by atoms with E-state index in [0.717, 1.165) is 0 Å². The number of ketones is 2. The molecule has 4 rings (SSSR count). The van der Waals surface area contributed by atoms with Gasteiger partial charge in [0.2, 0.25) is 5.78 Å². The van der Waals surface area contributed by atoms with Gasteiger partial charge in [0.1, 0.15) is 5.60 Å². The Bertz CT molecular complexity index is 963. The molecule has 0 radical (unpaired) electrons. The molecule has 3 saturated carbocycles. The summed E-state index contributed by atoms with van der Waals surface area (Å²) < 4.78 is 22.2. The predicted octanol–water partition coefficient (Wildman–Crippen LogP) is 2.19. The monoisotopic (exact) mass is 477 g/mol. The zero-order valence-electron chi connectivity index (χ0n) is 20.2. The first-order valence-electron chi connectivity index (χ1n) is 12.3. The lowest BCUT2D eigenvalue weighted by Crippen LogP contribution is -2.69. The van der Waals surface area contributed by atoms with Gasteiger partial charge in [-0.05, 0) is 69.6 Å². The fourth-order valence-corrected chi connectivity index (χ4v) is 7.72. The number of aliphatic hydroxyl groups is 2. The first-order valence-corrected chi connectivity index (χ1v) is 12.3. The molecule has 34 heavy (non-hydrogen) atoms. The number of hydrogen-bond acceptors (Lipinski definition) is 7. The van der Waals surface area contributed by atoms with Gasteiger partial charge in [-0.25, -0.2) is 4.39 Å². The number of fused-ring (bicyclic) bond motifs is 5. The lowest BCUT2D eigenvalue weighted by atomic mass is 9.44. The van der Waals surface area contributed by atoms with Crippen LogP contribution in [0.3, 0.4) is 0 Å². The summed E-state index contributed by atoms with van der Waals surface area (Å²) in [5, 5.41) is 23.2. The Morgan fingerprint density at radius 3 is 2.68 bits per heavy atom. The van der Waals surface area contributed by atoms with E-state index in [4.69, 9.17) is 10.5 Å². The standard InChI is InChI=1S/C26H36FNO6/c1-15-11-19-18-7-6-16-12-17(29)8-9-23(16,2)25(18,27)20(30)13-24(19,3)26(15,33)21(31)14-34-22(32)5-4-10-28/h8-9,12,15,18-20,30,33H,4-7,10-11,13-14,28H2,1-3H3/t15-,18?,19?,20?,23?,24?,25?,26?/m1/s1. The van der Waals surface area contributed by atoms with Crippen molar-refractivity contribution in [2.45, 2.75) is 76.7 Å². The third-order valence-corrected chi connectivity index (χ3v) is 9.60. The molecular weight excluding hydrogens is 441 g/mol. The molecule has 7 unspecified atom stereocenters. The van der Waals surface area contributed by atoms with Gasteiger partial charge in [0.25, 0.3) is 0 Å². The number of alkyl halides is 1. The maximum absolute atomic E-state index is 17.1. The van der Waals surface area contributed by atoms with Crippen LogP contribution in [-0.4, -0.2) is 58.3 Å². The third-order valence-electron chi connectivity index (χ3n) is 9.60. The predicted molar refractivity (Wildman–Crippen MR) is 122 cm³/mol. The number of halogens is 1. The molecule has 0 aromatic heterocycles. The summed E-state index contributed by atoms with van der Waals surface area (Å²) in [4.78, 5) is 37.2. The maximum Gasteiger partial charge on any atom is 0.306 e. The molecule has 0 spiro atoms. The summed E-state index contributed by atoms with van der Waals surface area (Å²) in [5.41, 5.74) is -0.0103. The van der Waals surface area contributed by atoms with Crippen LogP contribution in [0.4, 0.5) is 4.39 Å². The van der Waals surface area contributed by atoms with Crippen LogP contribution in [0.1, 0.15) is 59.3 Å². The maximum atomic E-state index is 17.1.